The molecule has 176 valence electrons. The first kappa shape index (κ1) is 23.3. The molecule has 5 rings (SSSR count). The molecule has 0 amide bonds. The van der Waals surface area contributed by atoms with Gasteiger partial charge in [0.25, 0.3) is 0 Å². The van der Waals surface area contributed by atoms with Gasteiger partial charge < -0.3 is 4.57 Å². The maximum Gasteiger partial charge on any atom is 0.211 e. The third-order valence-electron chi connectivity index (χ3n) is 6.34. The van der Waals surface area contributed by atoms with Gasteiger partial charge in [0.1, 0.15) is 10.3 Å². The van der Waals surface area contributed by atoms with Gasteiger partial charge in [-0.1, -0.05) is 86.3 Å². The first-order valence-electron chi connectivity index (χ1n) is 12.1. The van der Waals surface area contributed by atoms with Crippen LogP contribution in [0.25, 0.3) is 10.3 Å². The van der Waals surface area contributed by atoms with Crippen LogP contribution in [0.4, 0.5) is 0 Å². The monoisotopic (exact) mass is 489 g/mol. The van der Waals surface area contributed by atoms with Gasteiger partial charge in [-0.25, -0.2) is 4.98 Å². The molecule has 0 spiro atoms. The number of thioether (sulfide) groups is 1. The van der Waals surface area contributed by atoms with Gasteiger partial charge in [0.05, 0.1) is 6.54 Å². The summed E-state index contributed by atoms with van der Waals surface area (Å²) in [4.78, 5) is 23.1. The lowest BCUT2D eigenvalue weighted by atomic mass is 10.1. The number of fused-ring (bicyclic) bond motifs is 2. The fraction of sp³-hybridized carbons (Fsp3) is 0.357. The van der Waals surface area contributed by atoms with Crippen molar-refractivity contribution in [3.8, 4) is 0 Å². The standard InChI is InChI=1S/C28H31N3OS2/c1-20(2)14-16-33-28-29-25-26(32)23-13-15-30(17-21-9-5-3-6-10-21)19-24(23)34-27(25)31(28)18-22-11-7-4-8-12-22/h3-12,20H,13-19H2,1-2H3. The van der Waals surface area contributed by atoms with E-state index in [4.69, 9.17) is 4.98 Å². The second-order valence-corrected chi connectivity index (χ2v) is 11.6. The van der Waals surface area contributed by atoms with E-state index in [1.165, 1.54) is 16.0 Å². The number of rotatable bonds is 8. The van der Waals surface area contributed by atoms with Crippen LogP contribution >= 0.6 is 23.1 Å². The molecular weight excluding hydrogens is 458 g/mol. The van der Waals surface area contributed by atoms with Crippen molar-refractivity contribution in [3.63, 3.8) is 0 Å². The number of hydrogen-bond donors (Lipinski definition) is 0. The van der Waals surface area contributed by atoms with Gasteiger partial charge in [-0.05, 0) is 29.9 Å². The molecular formula is C28H31N3OS2. The molecule has 0 atom stereocenters. The normalized spacial score (nSPS) is 14.1. The lowest BCUT2D eigenvalue weighted by molar-refractivity contribution is 0.248. The van der Waals surface area contributed by atoms with E-state index in [1.807, 2.05) is 6.07 Å². The molecule has 0 fully saturated rings. The molecule has 6 heteroatoms. The van der Waals surface area contributed by atoms with E-state index in [2.05, 4.69) is 77.9 Å². The molecule has 0 N–H and O–H groups in total. The van der Waals surface area contributed by atoms with Crippen LogP contribution in [0.15, 0.2) is 70.6 Å². The zero-order chi connectivity index (χ0) is 23.5. The van der Waals surface area contributed by atoms with Crippen LogP contribution in [-0.4, -0.2) is 26.7 Å². The summed E-state index contributed by atoms with van der Waals surface area (Å²) in [5.74, 6) is 1.67. The Balaban J connectivity index is 1.51. The van der Waals surface area contributed by atoms with Gasteiger partial charge in [0.15, 0.2) is 5.16 Å². The summed E-state index contributed by atoms with van der Waals surface area (Å²) in [5.41, 5.74) is 4.32. The van der Waals surface area contributed by atoms with Crippen LogP contribution in [0.3, 0.4) is 0 Å². The summed E-state index contributed by atoms with van der Waals surface area (Å²) in [6, 6.07) is 21.1. The van der Waals surface area contributed by atoms with Crippen molar-refractivity contribution in [2.75, 3.05) is 12.3 Å². The van der Waals surface area contributed by atoms with Gasteiger partial charge in [0, 0.05) is 35.8 Å². The molecule has 0 unspecified atom stereocenters. The maximum atomic E-state index is 13.5. The molecule has 0 aliphatic carbocycles. The highest BCUT2D eigenvalue weighted by Crippen LogP contribution is 2.32. The molecule has 0 radical (unpaired) electrons. The predicted octanol–water partition coefficient (Wildman–Crippen LogP) is 6.20. The lowest BCUT2D eigenvalue weighted by Crippen LogP contribution is -2.32. The zero-order valence-electron chi connectivity index (χ0n) is 19.9. The first-order valence-corrected chi connectivity index (χ1v) is 13.9. The minimum absolute atomic E-state index is 0.139. The summed E-state index contributed by atoms with van der Waals surface area (Å²) in [5, 5.41) is 0.969. The largest absolute Gasteiger partial charge is 0.306 e. The summed E-state index contributed by atoms with van der Waals surface area (Å²) < 4.78 is 2.28. The van der Waals surface area contributed by atoms with Crippen molar-refractivity contribution in [2.45, 2.75) is 51.5 Å². The van der Waals surface area contributed by atoms with Crippen molar-refractivity contribution in [2.24, 2.45) is 5.92 Å². The minimum Gasteiger partial charge on any atom is -0.306 e. The highest BCUT2D eigenvalue weighted by molar-refractivity contribution is 7.99. The number of imidazole rings is 1. The highest BCUT2D eigenvalue weighted by atomic mass is 32.2. The minimum atomic E-state index is 0.139. The molecule has 2 aromatic heterocycles. The third kappa shape index (κ3) is 5.14. The quantitative estimate of drug-likeness (QED) is 0.276. The fourth-order valence-corrected chi connectivity index (χ4v) is 7.02. The van der Waals surface area contributed by atoms with Gasteiger partial charge in [-0.3, -0.25) is 9.69 Å². The Labute approximate surface area is 209 Å². The first-order chi connectivity index (χ1) is 16.6. The van der Waals surface area contributed by atoms with Crippen LogP contribution in [-0.2, 0) is 26.1 Å². The van der Waals surface area contributed by atoms with Crippen molar-refractivity contribution in [1.29, 1.82) is 0 Å². The van der Waals surface area contributed by atoms with Gasteiger partial charge in [-0.2, -0.15) is 0 Å². The van der Waals surface area contributed by atoms with E-state index in [-0.39, 0.29) is 5.43 Å². The molecule has 4 nitrogen and oxygen atoms in total. The van der Waals surface area contributed by atoms with Crippen LogP contribution in [0.5, 0.6) is 0 Å². The lowest BCUT2D eigenvalue weighted by Gasteiger charge is -2.27. The van der Waals surface area contributed by atoms with E-state index in [0.29, 0.717) is 11.4 Å². The van der Waals surface area contributed by atoms with Gasteiger partial charge in [-0.15, -0.1) is 11.3 Å². The van der Waals surface area contributed by atoms with Crippen molar-refractivity contribution in [1.82, 2.24) is 14.5 Å². The number of hydrogen-bond acceptors (Lipinski definition) is 5. The van der Waals surface area contributed by atoms with Gasteiger partial charge in [0.2, 0.25) is 5.43 Å². The average molecular weight is 490 g/mol. The molecule has 3 heterocycles. The van der Waals surface area contributed by atoms with Crippen molar-refractivity contribution in [3.05, 3.63) is 92.5 Å². The SMILES string of the molecule is CC(C)CCSc1nc2c(=O)c3c(sc2n1Cc1ccccc1)CN(Cc1ccccc1)CC3. The van der Waals surface area contributed by atoms with Crippen LogP contribution in [0.1, 0.15) is 41.8 Å². The van der Waals surface area contributed by atoms with Crippen molar-refractivity contribution < 1.29 is 0 Å². The Bertz CT molecular complexity index is 1310. The zero-order valence-corrected chi connectivity index (χ0v) is 21.5. The Hall–Kier alpha value is -2.41. The third-order valence-corrected chi connectivity index (χ3v) is 8.57. The molecule has 2 aromatic carbocycles. The summed E-state index contributed by atoms with van der Waals surface area (Å²) in [7, 11) is 0. The Morgan fingerprint density at radius 2 is 1.68 bits per heavy atom. The Morgan fingerprint density at radius 3 is 2.35 bits per heavy atom. The van der Waals surface area contributed by atoms with Crippen molar-refractivity contribution >= 4 is 33.4 Å². The average Bonchev–Trinajstić information content (AvgIpc) is 3.17. The van der Waals surface area contributed by atoms with Crippen LogP contribution < -0.4 is 5.43 Å². The fourth-order valence-electron chi connectivity index (χ4n) is 4.43. The Kier molecular flexibility index (Phi) is 7.18. The molecule has 34 heavy (non-hydrogen) atoms. The second kappa shape index (κ2) is 10.5. The van der Waals surface area contributed by atoms with E-state index < -0.39 is 0 Å². The molecule has 0 bridgehead atoms. The van der Waals surface area contributed by atoms with E-state index in [1.54, 1.807) is 23.1 Å². The van der Waals surface area contributed by atoms with E-state index in [0.717, 1.165) is 60.3 Å². The second-order valence-electron chi connectivity index (χ2n) is 9.43. The molecule has 4 aromatic rings. The smallest absolute Gasteiger partial charge is 0.211 e. The number of benzene rings is 2. The van der Waals surface area contributed by atoms with Crippen LogP contribution in [0, 0.1) is 5.92 Å². The number of aromatic nitrogens is 2. The molecule has 0 saturated heterocycles. The highest BCUT2D eigenvalue weighted by Gasteiger charge is 2.25. The molecule has 1 aliphatic heterocycles. The Morgan fingerprint density at radius 1 is 1.00 bits per heavy atom. The molecule has 0 saturated carbocycles. The van der Waals surface area contributed by atoms with Gasteiger partial charge >= 0.3 is 0 Å². The predicted molar refractivity (Wildman–Crippen MR) is 144 cm³/mol. The number of nitrogens with zero attached hydrogens (tertiary/aromatic N) is 3. The summed E-state index contributed by atoms with van der Waals surface area (Å²) in [6.07, 6.45) is 1.94. The maximum absolute atomic E-state index is 13.5. The summed E-state index contributed by atoms with van der Waals surface area (Å²) in [6.45, 7) is 7.90. The van der Waals surface area contributed by atoms with Crippen LogP contribution in [0.2, 0.25) is 0 Å². The summed E-state index contributed by atoms with van der Waals surface area (Å²) >= 11 is 3.55. The van der Waals surface area contributed by atoms with E-state index >= 15 is 0 Å². The van der Waals surface area contributed by atoms with E-state index in [9.17, 15) is 4.79 Å². The molecule has 1 aliphatic rings. The topological polar surface area (TPSA) is 38.1 Å².